The van der Waals surface area contributed by atoms with Crippen LogP contribution in [-0.2, 0) is 5.41 Å². The lowest BCUT2D eigenvalue weighted by molar-refractivity contribution is 0.0687. The quantitative estimate of drug-likeness (QED) is 0.830. The summed E-state index contributed by atoms with van der Waals surface area (Å²) in [7, 11) is 0. The van der Waals surface area contributed by atoms with E-state index in [0.717, 1.165) is 5.69 Å². The number of aromatic nitrogens is 2. The molecule has 0 saturated carbocycles. The molecule has 5 nitrogen and oxygen atoms in total. The maximum Gasteiger partial charge on any atom is 0.267 e. The molecule has 1 fully saturated rings. The fraction of sp³-hybridized carbons (Fsp3) is 0.450. The number of amides is 1. The highest BCUT2D eigenvalue weighted by molar-refractivity contribution is 5.94. The number of carbonyl (C=O) groups excluding carboxylic acids is 1. The van der Waals surface area contributed by atoms with Crippen molar-refractivity contribution in [1.82, 2.24) is 14.7 Å². The Kier molecular flexibility index (Phi) is 4.94. The Bertz CT molecular complexity index is 862. The van der Waals surface area contributed by atoms with Gasteiger partial charge < -0.3 is 4.90 Å². The zero-order valence-corrected chi connectivity index (χ0v) is 15.4. The van der Waals surface area contributed by atoms with Gasteiger partial charge in [0.2, 0.25) is 0 Å². The number of piperidine rings is 1. The second-order valence-corrected chi connectivity index (χ2v) is 7.79. The molecular formula is C20H24FN3O2. The van der Waals surface area contributed by atoms with Crippen molar-refractivity contribution < 1.29 is 9.18 Å². The van der Waals surface area contributed by atoms with Crippen LogP contribution < -0.4 is 5.56 Å². The second kappa shape index (κ2) is 7.02. The van der Waals surface area contributed by atoms with Crippen LogP contribution in [0.4, 0.5) is 4.39 Å². The molecule has 1 aliphatic heterocycles. The van der Waals surface area contributed by atoms with Crippen LogP contribution in [0, 0.1) is 5.82 Å². The molecule has 3 rings (SSSR count). The Morgan fingerprint density at radius 1 is 1.15 bits per heavy atom. The molecule has 1 saturated heterocycles. The molecule has 0 aliphatic carbocycles. The Hall–Kier alpha value is -2.50. The topological polar surface area (TPSA) is 55.2 Å². The fourth-order valence-electron chi connectivity index (χ4n) is 3.20. The number of likely N-dealkylation sites (tertiary alicyclic amines) is 1. The summed E-state index contributed by atoms with van der Waals surface area (Å²) in [5, 5.41) is 4.56. The molecule has 0 atom stereocenters. The summed E-state index contributed by atoms with van der Waals surface area (Å²) in [5.41, 5.74) is 0.973. The van der Waals surface area contributed by atoms with E-state index < -0.39 is 5.82 Å². The maximum absolute atomic E-state index is 13.3. The highest BCUT2D eigenvalue weighted by Gasteiger charge is 2.27. The predicted molar refractivity (Wildman–Crippen MR) is 97.8 cm³/mol. The fourth-order valence-corrected chi connectivity index (χ4v) is 3.20. The molecular weight excluding hydrogens is 333 g/mol. The first-order chi connectivity index (χ1) is 12.3. The minimum Gasteiger partial charge on any atom is -0.338 e. The molecule has 1 aliphatic rings. The number of hydrogen-bond acceptors (Lipinski definition) is 3. The van der Waals surface area contributed by atoms with Gasteiger partial charge in [0.1, 0.15) is 5.82 Å². The summed E-state index contributed by atoms with van der Waals surface area (Å²) in [5.74, 6) is -0.591. The van der Waals surface area contributed by atoms with Crippen LogP contribution in [0.1, 0.15) is 55.7 Å². The van der Waals surface area contributed by atoms with E-state index in [-0.39, 0.29) is 22.9 Å². The number of hydrogen-bond donors (Lipinski definition) is 0. The van der Waals surface area contributed by atoms with Crippen LogP contribution >= 0.6 is 0 Å². The monoisotopic (exact) mass is 357 g/mol. The molecule has 0 spiro atoms. The van der Waals surface area contributed by atoms with Crippen molar-refractivity contribution in [2.75, 3.05) is 13.1 Å². The van der Waals surface area contributed by atoms with Gasteiger partial charge in [-0.3, -0.25) is 9.59 Å². The zero-order chi connectivity index (χ0) is 18.9. The van der Waals surface area contributed by atoms with E-state index >= 15 is 0 Å². The van der Waals surface area contributed by atoms with E-state index in [2.05, 4.69) is 25.9 Å². The van der Waals surface area contributed by atoms with Crippen LogP contribution in [0.25, 0.3) is 0 Å². The van der Waals surface area contributed by atoms with Crippen LogP contribution in [0.5, 0.6) is 0 Å². The molecule has 26 heavy (non-hydrogen) atoms. The predicted octanol–water partition coefficient (Wildman–Crippen LogP) is 3.16. The minimum atomic E-state index is -0.416. The molecule has 0 radical (unpaired) electrons. The van der Waals surface area contributed by atoms with Crippen LogP contribution in [0.15, 0.2) is 41.2 Å². The molecule has 0 unspecified atom stereocenters. The lowest BCUT2D eigenvalue weighted by Crippen LogP contribution is -2.41. The van der Waals surface area contributed by atoms with Crippen molar-refractivity contribution in [2.45, 2.75) is 45.1 Å². The van der Waals surface area contributed by atoms with E-state index in [1.807, 2.05) is 0 Å². The average molecular weight is 357 g/mol. The Balaban J connectivity index is 1.73. The van der Waals surface area contributed by atoms with Gasteiger partial charge in [-0.2, -0.15) is 5.10 Å². The first kappa shape index (κ1) is 18.3. The summed E-state index contributed by atoms with van der Waals surface area (Å²) in [6, 6.07) is 9.06. The first-order valence-corrected chi connectivity index (χ1v) is 8.91. The lowest BCUT2D eigenvalue weighted by Gasteiger charge is -2.33. The van der Waals surface area contributed by atoms with Gasteiger partial charge in [0.15, 0.2) is 0 Å². The SMILES string of the molecule is CC(C)(C)c1ccc(=O)n(C2CCN(C(=O)c3cccc(F)c3)CC2)n1. The number of halogens is 1. The number of benzene rings is 1. The number of carbonyl (C=O) groups is 1. The summed E-state index contributed by atoms with van der Waals surface area (Å²) in [4.78, 5) is 26.5. The third kappa shape index (κ3) is 3.84. The summed E-state index contributed by atoms with van der Waals surface area (Å²) in [6.07, 6.45) is 1.31. The molecule has 6 heteroatoms. The molecule has 1 aromatic heterocycles. The van der Waals surface area contributed by atoms with E-state index in [1.54, 1.807) is 27.8 Å². The second-order valence-electron chi connectivity index (χ2n) is 7.79. The lowest BCUT2D eigenvalue weighted by atomic mass is 9.92. The van der Waals surface area contributed by atoms with Gasteiger partial charge in [0.05, 0.1) is 11.7 Å². The third-order valence-corrected chi connectivity index (χ3v) is 4.76. The summed E-state index contributed by atoms with van der Waals surface area (Å²) < 4.78 is 14.9. The van der Waals surface area contributed by atoms with Crippen molar-refractivity contribution in [3.8, 4) is 0 Å². The number of rotatable bonds is 2. The van der Waals surface area contributed by atoms with Crippen LogP contribution in [0.2, 0.25) is 0 Å². The Labute approximate surface area is 152 Å². The highest BCUT2D eigenvalue weighted by Crippen LogP contribution is 2.24. The van der Waals surface area contributed by atoms with Crippen molar-refractivity contribution in [3.05, 3.63) is 63.8 Å². The van der Waals surface area contributed by atoms with Gasteiger partial charge in [0.25, 0.3) is 11.5 Å². The van der Waals surface area contributed by atoms with Crippen LogP contribution in [-0.4, -0.2) is 33.7 Å². The van der Waals surface area contributed by atoms with Gasteiger partial charge in [0, 0.05) is 30.1 Å². The summed E-state index contributed by atoms with van der Waals surface area (Å²) in [6.45, 7) is 7.22. The van der Waals surface area contributed by atoms with E-state index in [9.17, 15) is 14.0 Å². The standard InChI is InChI=1S/C20H24FN3O2/c1-20(2,3)17-7-8-18(25)24(22-17)16-9-11-23(12-10-16)19(26)14-5-4-6-15(21)13-14/h4-8,13,16H,9-12H2,1-3H3. The molecule has 1 amide bonds. The Morgan fingerprint density at radius 2 is 1.85 bits per heavy atom. The van der Waals surface area contributed by atoms with E-state index in [1.165, 1.54) is 18.2 Å². The molecule has 138 valence electrons. The highest BCUT2D eigenvalue weighted by atomic mass is 19.1. The molecule has 2 aromatic rings. The minimum absolute atomic E-state index is 0.0265. The van der Waals surface area contributed by atoms with E-state index in [4.69, 9.17) is 0 Å². The maximum atomic E-state index is 13.3. The van der Waals surface area contributed by atoms with Gasteiger partial charge in [-0.25, -0.2) is 9.07 Å². The average Bonchev–Trinajstić information content (AvgIpc) is 2.61. The number of nitrogens with zero attached hydrogens (tertiary/aromatic N) is 3. The third-order valence-electron chi connectivity index (χ3n) is 4.76. The van der Waals surface area contributed by atoms with Crippen molar-refractivity contribution in [2.24, 2.45) is 0 Å². The molecule has 0 N–H and O–H groups in total. The van der Waals surface area contributed by atoms with Crippen molar-refractivity contribution >= 4 is 5.91 Å². The van der Waals surface area contributed by atoms with E-state index in [0.29, 0.717) is 31.5 Å². The largest absolute Gasteiger partial charge is 0.338 e. The zero-order valence-electron chi connectivity index (χ0n) is 15.4. The van der Waals surface area contributed by atoms with Gasteiger partial charge in [-0.15, -0.1) is 0 Å². The van der Waals surface area contributed by atoms with Gasteiger partial charge in [-0.05, 0) is 37.1 Å². The molecule has 2 heterocycles. The Morgan fingerprint density at radius 3 is 2.46 bits per heavy atom. The van der Waals surface area contributed by atoms with Gasteiger partial charge in [-0.1, -0.05) is 26.8 Å². The van der Waals surface area contributed by atoms with Crippen molar-refractivity contribution in [3.63, 3.8) is 0 Å². The van der Waals surface area contributed by atoms with Crippen LogP contribution in [0.3, 0.4) is 0 Å². The van der Waals surface area contributed by atoms with Gasteiger partial charge >= 0.3 is 0 Å². The molecule has 1 aromatic carbocycles. The molecule has 0 bridgehead atoms. The first-order valence-electron chi connectivity index (χ1n) is 8.91. The van der Waals surface area contributed by atoms with Crippen molar-refractivity contribution in [1.29, 1.82) is 0 Å². The smallest absolute Gasteiger partial charge is 0.267 e. The normalized spacial score (nSPS) is 15.9. The summed E-state index contributed by atoms with van der Waals surface area (Å²) >= 11 is 0.